The van der Waals surface area contributed by atoms with Gasteiger partial charge in [-0.05, 0) is 74.5 Å². The smallest absolute Gasteiger partial charge is 0.460 e. The van der Waals surface area contributed by atoms with Gasteiger partial charge in [-0.1, -0.05) is 92.0 Å². The second-order valence-corrected chi connectivity index (χ2v) is 12.6. The normalized spacial score (nSPS) is 17.8. The molecule has 1 unspecified atom stereocenters. The largest absolute Gasteiger partial charge is 0.494 e. The lowest BCUT2D eigenvalue weighted by Gasteiger charge is -2.32. The van der Waals surface area contributed by atoms with Crippen LogP contribution in [0.15, 0.2) is 42.4 Å². The minimum atomic E-state index is -0.410. The number of carbonyl (C=O) groups excluding carboxylic acids is 1. The highest BCUT2D eigenvalue weighted by Crippen LogP contribution is 2.37. The summed E-state index contributed by atoms with van der Waals surface area (Å²) < 4.78 is 18.4. The van der Waals surface area contributed by atoms with E-state index in [1.807, 2.05) is 0 Å². The molecule has 0 bridgehead atoms. The van der Waals surface area contributed by atoms with Gasteiger partial charge in [0.05, 0.1) is 23.5 Å². The van der Waals surface area contributed by atoms with Crippen molar-refractivity contribution in [3.63, 3.8) is 0 Å². The maximum absolute atomic E-state index is 13.2. The molecule has 5 nitrogen and oxygen atoms in total. The molecular formula is C32H52BNO4. The lowest BCUT2D eigenvalue weighted by molar-refractivity contribution is -0.120. The van der Waals surface area contributed by atoms with Crippen LogP contribution in [0.1, 0.15) is 125 Å². The highest BCUT2D eigenvalue weighted by Gasteiger charge is 2.51. The van der Waals surface area contributed by atoms with Crippen LogP contribution in [-0.4, -0.2) is 24.2 Å². The van der Waals surface area contributed by atoms with Gasteiger partial charge in [0.15, 0.2) is 5.76 Å². The molecule has 0 aromatic heterocycles. The van der Waals surface area contributed by atoms with Crippen LogP contribution in [-0.2, 0) is 25.3 Å². The molecule has 1 atom stereocenters. The molecule has 212 valence electrons. The summed E-state index contributed by atoms with van der Waals surface area (Å²) in [6, 6.07) is 6.24. The molecule has 0 aliphatic carbocycles. The zero-order valence-corrected chi connectivity index (χ0v) is 25.8. The molecule has 1 amide bonds. The van der Waals surface area contributed by atoms with Gasteiger partial charge in [-0.25, -0.2) is 0 Å². The van der Waals surface area contributed by atoms with E-state index in [4.69, 9.17) is 14.0 Å². The first kappa shape index (κ1) is 32.2. The standard InChI is InChI=1S/C32H52BNO4/c1-12-15-16-18-28(34-29(35)23(4)36-22-25(17-13-2)30(5,6)7)27-20-19-26(21-24(27)14-3)33-37-31(8,9)32(10,11)38-33/h19-22,28H,4,12-18H2,1-3,5-11H3,(H,34,35)/b25-22+. The van der Waals surface area contributed by atoms with E-state index in [0.717, 1.165) is 56.0 Å². The molecule has 38 heavy (non-hydrogen) atoms. The molecule has 1 aromatic rings. The van der Waals surface area contributed by atoms with Crippen molar-refractivity contribution in [2.45, 2.75) is 131 Å². The van der Waals surface area contributed by atoms with Crippen LogP contribution in [0, 0.1) is 5.41 Å². The number of hydrogen-bond donors (Lipinski definition) is 1. The fraction of sp³-hybridized carbons (Fsp3) is 0.656. The van der Waals surface area contributed by atoms with Gasteiger partial charge >= 0.3 is 7.12 Å². The number of allylic oxidation sites excluding steroid dienone is 1. The third-order valence-electron chi connectivity index (χ3n) is 7.93. The maximum Gasteiger partial charge on any atom is 0.494 e. The van der Waals surface area contributed by atoms with Crippen molar-refractivity contribution in [3.05, 3.63) is 53.5 Å². The van der Waals surface area contributed by atoms with E-state index >= 15 is 0 Å². The van der Waals surface area contributed by atoms with Gasteiger partial charge in [-0.15, -0.1) is 0 Å². The average molecular weight is 526 g/mol. The summed E-state index contributed by atoms with van der Waals surface area (Å²) in [5.41, 5.74) is 3.68. The highest BCUT2D eigenvalue weighted by molar-refractivity contribution is 6.62. The SMILES string of the molecule is C=C(O/C=C(\CCC)C(C)(C)C)C(=O)NC(CCCCC)c1ccc(B2OC(C)(C)C(C)(C)O2)cc1CC. The predicted molar refractivity (Wildman–Crippen MR) is 159 cm³/mol. The molecule has 6 heteroatoms. The van der Waals surface area contributed by atoms with Gasteiger partial charge in [0.2, 0.25) is 0 Å². The summed E-state index contributed by atoms with van der Waals surface area (Å²) in [6.07, 6.45) is 8.63. The zero-order chi connectivity index (χ0) is 28.7. The molecule has 1 fully saturated rings. The number of benzene rings is 1. The van der Waals surface area contributed by atoms with E-state index in [9.17, 15) is 4.79 Å². The number of ether oxygens (including phenoxy) is 1. The Labute approximate surface area is 232 Å². The summed E-state index contributed by atoms with van der Waals surface area (Å²) in [4.78, 5) is 13.2. The third kappa shape index (κ3) is 8.23. The van der Waals surface area contributed by atoms with Gasteiger partial charge in [0, 0.05) is 0 Å². The number of nitrogens with one attached hydrogen (secondary N) is 1. The Morgan fingerprint density at radius 3 is 2.24 bits per heavy atom. The number of amides is 1. The van der Waals surface area contributed by atoms with Gasteiger partial charge in [-0.2, -0.15) is 0 Å². The first-order chi connectivity index (χ1) is 17.7. The van der Waals surface area contributed by atoms with Gasteiger partial charge in [0.25, 0.3) is 5.91 Å². The second kappa shape index (κ2) is 13.3. The van der Waals surface area contributed by atoms with Crippen LogP contribution in [0.2, 0.25) is 0 Å². The van der Waals surface area contributed by atoms with E-state index in [1.165, 1.54) is 11.1 Å². The summed E-state index contributed by atoms with van der Waals surface area (Å²) in [5, 5.41) is 3.22. The van der Waals surface area contributed by atoms with Crippen LogP contribution in [0.3, 0.4) is 0 Å². The fourth-order valence-electron chi connectivity index (χ4n) is 4.62. The Balaban J connectivity index is 2.26. The predicted octanol–water partition coefficient (Wildman–Crippen LogP) is 7.55. The number of hydrogen-bond acceptors (Lipinski definition) is 4. The minimum absolute atomic E-state index is 0.0234. The fourth-order valence-corrected chi connectivity index (χ4v) is 4.62. The average Bonchev–Trinajstić information content (AvgIpc) is 3.06. The third-order valence-corrected chi connectivity index (χ3v) is 7.93. The van der Waals surface area contributed by atoms with Crippen molar-refractivity contribution in [1.82, 2.24) is 5.32 Å². The van der Waals surface area contributed by atoms with E-state index in [-0.39, 0.29) is 23.1 Å². The van der Waals surface area contributed by atoms with Crippen molar-refractivity contribution in [2.24, 2.45) is 5.41 Å². The van der Waals surface area contributed by atoms with Gasteiger partial charge < -0.3 is 19.4 Å². The van der Waals surface area contributed by atoms with Crippen LogP contribution in [0.4, 0.5) is 0 Å². The minimum Gasteiger partial charge on any atom is -0.460 e. The molecule has 1 aliphatic heterocycles. The molecule has 0 radical (unpaired) electrons. The second-order valence-electron chi connectivity index (χ2n) is 12.6. The zero-order valence-electron chi connectivity index (χ0n) is 25.8. The molecular weight excluding hydrogens is 473 g/mol. The first-order valence-electron chi connectivity index (χ1n) is 14.5. The summed E-state index contributed by atoms with van der Waals surface area (Å²) in [7, 11) is -0.410. The number of aryl methyl sites for hydroxylation is 1. The summed E-state index contributed by atoms with van der Waals surface area (Å²) in [5.74, 6) is -0.153. The highest BCUT2D eigenvalue weighted by atomic mass is 16.7. The van der Waals surface area contributed by atoms with E-state index in [2.05, 4.69) is 99.3 Å². The van der Waals surface area contributed by atoms with E-state index in [0.29, 0.717) is 0 Å². The van der Waals surface area contributed by atoms with Crippen molar-refractivity contribution >= 4 is 18.5 Å². The Hall–Kier alpha value is -2.05. The molecule has 0 saturated carbocycles. The molecule has 1 aliphatic rings. The topological polar surface area (TPSA) is 56.8 Å². The van der Waals surface area contributed by atoms with Crippen LogP contribution >= 0.6 is 0 Å². The van der Waals surface area contributed by atoms with Crippen LogP contribution in [0.25, 0.3) is 0 Å². The maximum atomic E-state index is 13.2. The quantitative estimate of drug-likeness (QED) is 0.125. The van der Waals surface area contributed by atoms with Crippen LogP contribution in [0.5, 0.6) is 0 Å². The van der Waals surface area contributed by atoms with Gasteiger partial charge in [-0.3, -0.25) is 4.79 Å². The monoisotopic (exact) mass is 525 g/mol. The lowest BCUT2D eigenvalue weighted by Crippen LogP contribution is -2.41. The van der Waals surface area contributed by atoms with E-state index < -0.39 is 18.3 Å². The van der Waals surface area contributed by atoms with Crippen molar-refractivity contribution in [3.8, 4) is 0 Å². The first-order valence-corrected chi connectivity index (χ1v) is 14.5. The molecule has 1 N–H and O–H groups in total. The number of carbonyl (C=O) groups is 1. The van der Waals surface area contributed by atoms with Crippen molar-refractivity contribution < 1.29 is 18.8 Å². The lowest BCUT2D eigenvalue weighted by atomic mass is 9.76. The molecule has 2 rings (SSSR count). The Bertz CT molecular complexity index is 974. The number of rotatable bonds is 13. The van der Waals surface area contributed by atoms with Crippen molar-refractivity contribution in [1.29, 1.82) is 0 Å². The van der Waals surface area contributed by atoms with E-state index in [1.54, 1.807) is 6.26 Å². The molecule has 1 aromatic carbocycles. The van der Waals surface area contributed by atoms with Crippen molar-refractivity contribution in [2.75, 3.05) is 0 Å². The Morgan fingerprint density at radius 1 is 1.08 bits per heavy atom. The Morgan fingerprint density at radius 2 is 1.71 bits per heavy atom. The molecule has 1 saturated heterocycles. The Kier molecular flexibility index (Phi) is 11.3. The molecule has 0 spiro atoms. The molecule has 1 heterocycles. The van der Waals surface area contributed by atoms with Gasteiger partial charge in [0.1, 0.15) is 0 Å². The number of unbranched alkanes of at least 4 members (excludes halogenated alkanes) is 2. The summed E-state index contributed by atoms with van der Waals surface area (Å²) >= 11 is 0. The van der Waals surface area contributed by atoms with Crippen LogP contribution < -0.4 is 10.8 Å². The summed E-state index contributed by atoms with van der Waals surface area (Å²) in [6.45, 7) is 25.2.